The van der Waals surface area contributed by atoms with Crippen molar-refractivity contribution in [1.82, 2.24) is 10.2 Å². The van der Waals surface area contributed by atoms with Gasteiger partial charge in [0.25, 0.3) is 0 Å². The Labute approximate surface area is 153 Å². The summed E-state index contributed by atoms with van der Waals surface area (Å²) in [5.74, 6) is -1.80. The summed E-state index contributed by atoms with van der Waals surface area (Å²) < 4.78 is 94.4. The minimum absolute atomic E-state index is 0.0340. The van der Waals surface area contributed by atoms with Gasteiger partial charge in [0, 0.05) is 37.8 Å². The highest BCUT2D eigenvalue weighted by Gasteiger charge is 2.43. The standard InChI is InChI=1S/C18H23F7N2/c1-3-4-11(2)16(27-7-5-26-6-8-27)15-13(18(23,24)25)9-12(10-14(15)19)17(20,21)22/h9-11,16,26H,3-8H2,1-2H3/t11?,16-/m0/s1. The van der Waals surface area contributed by atoms with Crippen molar-refractivity contribution in [3.05, 3.63) is 34.6 Å². The molecule has 9 heteroatoms. The normalized spacial score (nSPS) is 19.1. The first kappa shape index (κ1) is 21.9. The van der Waals surface area contributed by atoms with Crippen LogP contribution in [0.1, 0.15) is 49.4 Å². The van der Waals surface area contributed by atoms with Gasteiger partial charge in [0.1, 0.15) is 5.82 Å². The van der Waals surface area contributed by atoms with Crippen LogP contribution in [0.4, 0.5) is 30.7 Å². The molecule has 1 aliphatic heterocycles. The maximum atomic E-state index is 14.7. The van der Waals surface area contributed by atoms with E-state index >= 15 is 0 Å². The predicted molar refractivity (Wildman–Crippen MR) is 87.7 cm³/mol. The first-order valence-electron chi connectivity index (χ1n) is 8.89. The third-order valence-corrected chi connectivity index (χ3v) is 4.89. The molecule has 1 fully saturated rings. The molecule has 2 atom stereocenters. The molecule has 1 saturated heterocycles. The van der Waals surface area contributed by atoms with Gasteiger partial charge >= 0.3 is 12.4 Å². The van der Waals surface area contributed by atoms with E-state index in [1.165, 1.54) is 0 Å². The van der Waals surface area contributed by atoms with Gasteiger partial charge in [-0.05, 0) is 24.5 Å². The van der Waals surface area contributed by atoms with E-state index in [2.05, 4.69) is 5.32 Å². The third kappa shape index (κ3) is 5.13. The molecule has 0 radical (unpaired) electrons. The van der Waals surface area contributed by atoms with E-state index in [9.17, 15) is 30.7 Å². The zero-order valence-electron chi connectivity index (χ0n) is 15.1. The minimum Gasteiger partial charge on any atom is -0.314 e. The number of hydrogen-bond acceptors (Lipinski definition) is 2. The Balaban J connectivity index is 2.65. The SMILES string of the molecule is CCCC(C)[C@@H](c1c(F)cc(C(F)(F)F)cc1C(F)(F)F)N1CCNCC1. The maximum absolute atomic E-state index is 14.7. The van der Waals surface area contributed by atoms with Crippen LogP contribution in [0.3, 0.4) is 0 Å². The molecule has 2 nitrogen and oxygen atoms in total. The molecule has 2 rings (SSSR count). The van der Waals surface area contributed by atoms with Gasteiger partial charge in [-0.25, -0.2) is 4.39 Å². The monoisotopic (exact) mass is 400 g/mol. The molecule has 0 aliphatic carbocycles. The highest BCUT2D eigenvalue weighted by atomic mass is 19.4. The molecule has 0 amide bonds. The second-order valence-corrected chi connectivity index (χ2v) is 6.91. The lowest BCUT2D eigenvalue weighted by Gasteiger charge is -2.40. The van der Waals surface area contributed by atoms with Crippen LogP contribution in [0.15, 0.2) is 12.1 Å². The Morgan fingerprint density at radius 2 is 1.63 bits per heavy atom. The minimum atomic E-state index is -5.09. The number of nitrogens with zero attached hydrogens (tertiary/aromatic N) is 1. The molecule has 0 bridgehead atoms. The van der Waals surface area contributed by atoms with E-state index in [4.69, 9.17) is 0 Å². The van der Waals surface area contributed by atoms with Gasteiger partial charge in [0.05, 0.1) is 11.1 Å². The van der Waals surface area contributed by atoms with E-state index < -0.39 is 40.9 Å². The number of hydrogen-bond donors (Lipinski definition) is 1. The molecule has 1 aliphatic rings. The van der Waals surface area contributed by atoms with Gasteiger partial charge in [-0.1, -0.05) is 20.3 Å². The number of halogens is 7. The van der Waals surface area contributed by atoms with Crippen LogP contribution >= 0.6 is 0 Å². The molecule has 0 spiro atoms. The zero-order valence-corrected chi connectivity index (χ0v) is 15.1. The van der Waals surface area contributed by atoms with E-state index in [0.29, 0.717) is 39.0 Å². The van der Waals surface area contributed by atoms with Crippen molar-refractivity contribution < 1.29 is 30.7 Å². The lowest BCUT2D eigenvalue weighted by Crippen LogP contribution is -2.47. The molecule has 1 heterocycles. The summed E-state index contributed by atoms with van der Waals surface area (Å²) in [6.45, 7) is 5.43. The first-order chi connectivity index (χ1) is 12.5. The zero-order chi connectivity index (χ0) is 20.4. The fraction of sp³-hybridized carbons (Fsp3) is 0.667. The summed E-state index contributed by atoms with van der Waals surface area (Å²) in [6.07, 6.45) is -8.94. The second-order valence-electron chi connectivity index (χ2n) is 6.91. The van der Waals surface area contributed by atoms with Crippen LogP contribution in [0.5, 0.6) is 0 Å². The molecule has 1 aromatic rings. The Morgan fingerprint density at radius 3 is 2.11 bits per heavy atom. The number of benzene rings is 1. The Kier molecular flexibility index (Phi) is 6.78. The fourth-order valence-corrected chi connectivity index (χ4v) is 3.72. The summed E-state index contributed by atoms with van der Waals surface area (Å²) >= 11 is 0. The van der Waals surface area contributed by atoms with Crippen LogP contribution in [-0.2, 0) is 12.4 Å². The van der Waals surface area contributed by atoms with Crippen molar-refractivity contribution in [2.45, 2.75) is 45.1 Å². The van der Waals surface area contributed by atoms with Crippen molar-refractivity contribution >= 4 is 0 Å². The fourth-order valence-electron chi connectivity index (χ4n) is 3.72. The maximum Gasteiger partial charge on any atom is 0.416 e. The van der Waals surface area contributed by atoms with Gasteiger partial charge in [-0.2, -0.15) is 26.3 Å². The van der Waals surface area contributed by atoms with E-state index in [1.807, 2.05) is 6.92 Å². The number of nitrogens with one attached hydrogen (secondary N) is 1. The Bertz CT molecular complexity index is 634. The van der Waals surface area contributed by atoms with Crippen molar-refractivity contribution in [2.75, 3.05) is 26.2 Å². The van der Waals surface area contributed by atoms with Crippen molar-refractivity contribution in [2.24, 2.45) is 5.92 Å². The highest BCUT2D eigenvalue weighted by molar-refractivity contribution is 5.39. The second kappa shape index (κ2) is 8.34. The number of alkyl halides is 6. The van der Waals surface area contributed by atoms with Gasteiger partial charge < -0.3 is 5.32 Å². The molecular weight excluding hydrogens is 377 g/mol. The summed E-state index contributed by atoms with van der Waals surface area (Å²) in [6, 6.07) is -0.726. The summed E-state index contributed by atoms with van der Waals surface area (Å²) in [7, 11) is 0. The molecule has 0 saturated carbocycles. The van der Waals surface area contributed by atoms with Crippen molar-refractivity contribution in [3.8, 4) is 0 Å². The van der Waals surface area contributed by atoms with Crippen LogP contribution in [0.25, 0.3) is 0 Å². The Hall–Kier alpha value is -1.35. The average molecular weight is 400 g/mol. The first-order valence-corrected chi connectivity index (χ1v) is 8.89. The largest absolute Gasteiger partial charge is 0.416 e. The summed E-state index contributed by atoms with van der Waals surface area (Å²) in [4.78, 5) is 1.73. The molecule has 27 heavy (non-hydrogen) atoms. The van der Waals surface area contributed by atoms with E-state index in [1.54, 1.807) is 11.8 Å². The molecule has 1 aromatic carbocycles. The van der Waals surface area contributed by atoms with Crippen LogP contribution < -0.4 is 5.32 Å². The van der Waals surface area contributed by atoms with Crippen LogP contribution in [0, 0.1) is 11.7 Å². The van der Waals surface area contributed by atoms with Gasteiger partial charge in [-0.3, -0.25) is 4.90 Å². The predicted octanol–water partition coefficient (Wildman–Crippen LogP) is 5.25. The van der Waals surface area contributed by atoms with Gasteiger partial charge in [0.15, 0.2) is 0 Å². The van der Waals surface area contributed by atoms with E-state index in [-0.39, 0.29) is 18.1 Å². The highest BCUT2D eigenvalue weighted by Crippen LogP contribution is 2.44. The summed E-state index contributed by atoms with van der Waals surface area (Å²) in [5, 5.41) is 3.07. The van der Waals surface area contributed by atoms with Gasteiger partial charge in [0.2, 0.25) is 0 Å². The molecule has 154 valence electrons. The Morgan fingerprint density at radius 1 is 1.04 bits per heavy atom. The van der Waals surface area contributed by atoms with E-state index in [0.717, 1.165) is 0 Å². The average Bonchev–Trinajstić information content (AvgIpc) is 2.55. The third-order valence-electron chi connectivity index (χ3n) is 4.89. The molecule has 1 N–H and O–H groups in total. The van der Waals surface area contributed by atoms with Gasteiger partial charge in [-0.15, -0.1) is 0 Å². The van der Waals surface area contributed by atoms with Crippen molar-refractivity contribution in [1.29, 1.82) is 0 Å². The number of rotatable bonds is 5. The smallest absolute Gasteiger partial charge is 0.314 e. The van der Waals surface area contributed by atoms with Crippen LogP contribution in [-0.4, -0.2) is 31.1 Å². The number of piperazine rings is 1. The summed E-state index contributed by atoms with van der Waals surface area (Å²) in [5.41, 5.74) is -3.85. The van der Waals surface area contributed by atoms with Crippen LogP contribution in [0.2, 0.25) is 0 Å². The van der Waals surface area contributed by atoms with Crippen molar-refractivity contribution in [3.63, 3.8) is 0 Å². The molecule has 1 unspecified atom stereocenters. The lowest BCUT2D eigenvalue weighted by atomic mass is 9.85. The topological polar surface area (TPSA) is 15.3 Å². The molecular formula is C18H23F7N2. The quantitative estimate of drug-likeness (QED) is 0.680. The lowest BCUT2D eigenvalue weighted by molar-refractivity contribution is -0.144. The molecule has 0 aromatic heterocycles.